The molecule has 1 aromatic heterocycles. The van der Waals surface area contributed by atoms with Crippen LogP contribution < -0.4 is 24.4 Å². The van der Waals surface area contributed by atoms with Crippen LogP contribution in [0.25, 0.3) is 6.08 Å². The highest BCUT2D eigenvalue weighted by Crippen LogP contribution is 2.36. The number of carbonyl (C=O) groups excluding carboxylic acids is 1. The zero-order valence-electron chi connectivity index (χ0n) is 19.4. The largest absolute Gasteiger partial charge is 0.493 e. The Morgan fingerprint density at radius 3 is 2.54 bits per heavy atom. The van der Waals surface area contributed by atoms with Gasteiger partial charge in [-0.1, -0.05) is 46.7 Å². The summed E-state index contributed by atoms with van der Waals surface area (Å²) in [4.78, 5) is 31.7. The Bertz CT molecular complexity index is 1520. The summed E-state index contributed by atoms with van der Waals surface area (Å²) in [6, 6.07) is 9.55. The average Bonchev–Trinajstić information content (AvgIpc) is 3.14. The molecule has 1 aliphatic rings. The summed E-state index contributed by atoms with van der Waals surface area (Å²) < 4.78 is 18.1. The number of carbonyl (C=O) groups is 1. The van der Waals surface area contributed by atoms with Gasteiger partial charge >= 0.3 is 5.97 Å². The first-order valence-electron chi connectivity index (χ1n) is 10.7. The number of nitrogens with zero attached hydrogens (tertiary/aromatic N) is 2. The molecule has 0 N–H and O–H groups in total. The normalized spacial score (nSPS) is 15.5. The molecule has 0 aliphatic carbocycles. The van der Waals surface area contributed by atoms with E-state index in [1.165, 1.54) is 30.1 Å². The van der Waals surface area contributed by atoms with Crippen LogP contribution in [0.4, 0.5) is 0 Å². The number of hydrogen-bond donors (Lipinski definition) is 0. The molecule has 0 radical (unpaired) electrons. The molecule has 2 aromatic carbocycles. The molecule has 3 aromatic rings. The molecule has 0 bridgehead atoms. The third-order valence-corrected chi connectivity index (χ3v) is 7.03. The number of rotatable bonds is 6. The van der Waals surface area contributed by atoms with Crippen molar-refractivity contribution in [2.24, 2.45) is 4.99 Å². The summed E-state index contributed by atoms with van der Waals surface area (Å²) >= 11 is 13.5. The fraction of sp³-hybridized carbons (Fsp3) is 0.240. The first kappa shape index (κ1) is 25.0. The predicted molar refractivity (Wildman–Crippen MR) is 136 cm³/mol. The van der Waals surface area contributed by atoms with Crippen LogP contribution in [0.5, 0.6) is 11.5 Å². The van der Waals surface area contributed by atoms with E-state index in [2.05, 4.69) is 4.99 Å². The predicted octanol–water partition coefficient (Wildman–Crippen LogP) is 4.12. The summed E-state index contributed by atoms with van der Waals surface area (Å²) in [6.45, 7) is 3.64. The SMILES string of the molecule is CCOC(=O)C1=C(C)N=c2sc(=Cc3ccc(Cl)cc3Cl)c(=O)n2C1c1ccc(OC)c(OC)c1. The summed E-state index contributed by atoms with van der Waals surface area (Å²) in [7, 11) is 3.06. The van der Waals surface area contributed by atoms with E-state index in [1.54, 1.807) is 56.3 Å². The second kappa shape index (κ2) is 10.3. The molecular formula is C25H22Cl2N2O5S. The number of methoxy groups -OCH3 is 2. The lowest BCUT2D eigenvalue weighted by atomic mass is 9.95. The summed E-state index contributed by atoms with van der Waals surface area (Å²) in [5.41, 5.74) is 1.74. The van der Waals surface area contributed by atoms with Crippen LogP contribution in [0, 0.1) is 0 Å². The lowest BCUT2D eigenvalue weighted by Crippen LogP contribution is -2.40. The van der Waals surface area contributed by atoms with Gasteiger partial charge in [0.05, 0.1) is 42.7 Å². The maximum atomic E-state index is 13.7. The molecule has 4 rings (SSSR count). The Balaban J connectivity index is 1.98. The second-order valence-electron chi connectivity index (χ2n) is 7.58. The number of aromatic nitrogens is 1. The van der Waals surface area contributed by atoms with Crippen molar-refractivity contribution >= 4 is 46.6 Å². The number of thiazole rings is 1. The summed E-state index contributed by atoms with van der Waals surface area (Å²) in [6.07, 6.45) is 1.69. The van der Waals surface area contributed by atoms with Gasteiger partial charge in [-0.2, -0.15) is 0 Å². The van der Waals surface area contributed by atoms with Crippen molar-refractivity contribution in [3.63, 3.8) is 0 Å². The van der Waals surface area contributed by atoms with E-state index >= 15 is 0 Å². The first-order valence-corrected chi connectivity index (χ1v) is 12.2. The minimum atomic E-state index is -0.770. The van der Waals surface area contributed by atoms with E-state index < -0.39 is 12.0 Å². The number of esters is 1. The molecule has 0 saturated heterocycles. The van der Waals surface area contributed by atoms with Gasteiger partial charge in [-0.05, 0) is 55.3 Å². The van der Waals surface area contributed by atoms with Crippen LogP contribution in [0.15, 0.2) is 57.5 Å². The van der Waals surface area contributed by atoms with Gasteiger partial charge < -0.3 is 14.2 Å². The highest BCUT2D eigenvalue weighted by atomic mass is 35.5. The van der Waals surface area contributed by atoms with Crippen LogP contribution in [0.3, 0.4) is 0 Å². The Morgan fingerprint density at radius 1 is 1.14 bits per heavy atom. The van der Waals surface area contributed by atoms with Crippen molar-refractivity contribution in [2.45, 2.75) is 19.9 Å². The van der Waals surface area contributed by atoms with Gasteiger partial charge in [0.1, 0.15) is 0 Å². The summed E-state index contributed by atoms with van der Waals surface area (Å²) in [5, 5.41) is 0.917. The van der Waals surface area contributed by atoms with Gasteiger partial charge in [0, 0.05) is 10.0 Å². The molecule has 0 fully saturated rings. The Morgan fingerprint density at radius 2 is 1.89 bits per heavy atom. The van der Waals surface area contributed by atoms with Crippen LogP contribution in [-0.4, -0.2) is 31.4 Å². The van der Waals surface area contributed by atoms with Gasteiger partial charge in [-0.3, -0.25) is 9.36 Å². The van der Waals surface area contributed by atoms with E-state index in [-0.39, 0.29) is 17.7 Å². The number of fused-ring (bicyclic) bond motifs is 1. The molecule has 0 spiro atoms. The van der Waals surface area contributed by atoms with Crippen molar-refractivity contribution in [2.75, 3.05) is 20.8 Å². The van der Waals surface area contributed by atoms with Crippen molar-refractivity contribution in [1.82, 2.24) is 4.57 Å². The summed E-state index contributed by atoms with van der Waals surface area (Å²) in [5.74, 6) is 0.459. The van der Waals surface area contributed by atoms with Crippen molar-refractivity contribution in [3.05, 3.63) is 88.5 Å². The Hall–Kier alpha value is -3.07. The molecule has 1 unspecified atom stereocenters. The molecule has 2 heterocycles. The first-order chi connectivity index (χ1) is 16.8. The van der Waals surface area contributed by atoms with Gasteiger partial charge in [-0.25, -0.2) is 9.79 Å². The van der Waals surface area contributed by atoms with Gasteiger partial charge in [0.15, 0.2) is 16.3 Å². The second-order valence-corrected chi connectivity index (χ2v) is 9.44. The molecule has 0 amide bonds. The zero-order chi connectivity index (χ0) is 25.3. The number of halogens is 2. The Labute approximate surface area is 215 Å². The lowest BCUT2D eigenvalue weighted by molar-refractivity contribution is -0.139. The fourth-order valence-electron chi connectivity index (χ4n) is 3.89. The molecule has 7 nitrogen and oxygen atoms in total. The minimum Gasteiger partial charge on any atom is -0.493 e. The van der Waals surface area contributed by atoms with E-state index in [1.807, 2.05) is 0 Å². The van der Waals surface area contributed by atoms with E-state index in [9.17, 15) is 9.59 Å². The molecule has 182 valence electrons. The molecule has 35 heavy (non-hydrogen) atoms. The van der Waals surface area contributed by atoms with Crippen LogP contribution >= 0.6 is 34.5 Å². The zero-order valence-corrected chi connectivity index (χ0v) is 21.8. The van der Waals surface area contributed by atoms with E-state index in [0.29, 0.717) is 47.7 Å². The average molecular weight is 533 g/mol. The third-order valence-electron chi connectivity index (χ3n) is 5.49. The number of hydrogen-bond acceptors (Lipinski definition) is 7. The highest BCUT2D eigenvalue weighted by molar-refractivity contribution is 7.07. The molecule has 10 heteroatoms. The smallest absolute Gasteiger partial charge is 0.338 e. The standard InChI is InChI=1S/C25H22Cl2N2O5S/c1-5-34-24(31)21-13(2)28-25-29(22(21)15-7-9-18(32-3)19(10-15)33-4)23(30)20(35-25)11-14-6-8-16(26)12-17(14)27/h6-12,22H,5H2,1-4H3. The van der Waals surface area contributed by atoms with Crippen LogP contribution in [0.2, 0.25) is 10.0 Å². The fourth-order valence-corrected chi connectivity index (χ4v) is 5.39. The van der Waals surface area contributed by atoms with Crippen molar-refractivity contribution < 1.29 is 19.0 Å². The van der Waals surface area contributed by atoms with Crippen LogP contribution in [-0.2, 0) is 9.53 Å². The number of benzene rings is 2. The molecule has 1 atom stereocenters. The van der Waals surface area contributed by atoms with E-state index in [4.69, 9.17) is 37.4 Å². The topological polar surface area (TPSA) is 79.1 Å². The third kappa shape index (κ3) is 4.74. The monoisotopic (exact) mass is 532 g/mol. The van der Waals surface area contributed by atoms with Gasteiger partial charge in [-0.15, -0.1) is 0 Å². The molecule has 0 saturated carbocycles. The van der Waals surface area contributed by atoms with Crippen molar-refractivity contribution in [1.29, 1.82) is 0 Å². The maximum absolute atomic E-state index is 13.7. The highest BCUT2D eigenvalue weighted by Gasteiger charge is 2.33. The number of allylic oxidation sites excluding steroid dienone is 1. The minimum absolute atomic E-state index is 0.188. The maximum Gasteiger partial charge on any atom is 0.338 e. The quantitative estimate of drug-likeness (QED) is 0.446. The number of ether oxygens (including phenoxy) is 3. The van der Waals surface area contributed by atoms with Gasteiger partial charge in [0.25, 0.3) is 5.56 Å². The Kier molecular flexibility index (Phi) is 7.35. The lowest BCUT2D eigenvalue weighted by Gasteiger charge is -2.25. The van der Waals surface area contributed by atoms with Crippen molar-refractivity contribution in [3.8, 4) is 11.5 Å². The van der Waals surface area contributed by atoms with E-state index in [0.717, 1.165) is 0 Å². The molecule has 1 aliphatic heterocycles. The van der Waals surface area contributed by atoms with Gasteiger partial charge in [0.2, 0.25) is 0 Å². The van der Waals surface area contributed by atoms with Crippen LogP contribution in [0.1, 0.15) is 31.0 Å². The molecular weight excluding hydrogens is 511 g/mol.